The number of piperazine rings is 1. The normalized spacial score (nSPS) is 22.0. The van der Waals surface area contributed by atoms with Gasteiger partial charge in [-0.3, -0.25) is 14.5 Å². The number of carbonyl (C=O) groups excluding carboxylic acids is 1. The van der Waals surface area contributed by atoms with Crippen molar-refractivity contribution >= 4 is 17.5 Å². The Kier molecular flexibility index (Phi) is 7.13. The summed E-state index contributed by atoms with van der Waals surface area (Å²) in [5, 5.41) is 2.64. The second kappa shape index (κ2) is 9.58. The minimum absolute atomic E-state index is 0.0361. The minimum atomic E-state index is -0.407. The molecule has 1 atom stereocenters. The van der Waals surface area contributed by atoms with Crippen molar-refractivity contribution in [1.82, 2.24) is 25.1 Å². The van der Waals surface area contributed by atoms with Crippen molar-refractivity contribution in [2.45, 2.75) is 52.1 Å². The van der Waals surface area contributed by atoms with Crippen LogP contribution < -0.4 is 21.5 Å². The number of likely N-dealkylation sites (tertiary alicyclic amines) is 1. The van der Waals surface area contributed by atoms with Crippen molar-refractivity contribution in [3.63, 3.8) is 0 Å². The van der Waals surface area contributed by atoms with Crippen LogP contribution in [0.1, 0.15) is 50.5 Å². The van der Waals surface area contributed by atoms with Gasteiger partial charge < -0.3 is 25.8 Å². The van der Waals surface area contributed by atoms with Gasteiger partial charge in [-0.25, -0.2) is 4.98 Å². The zero-order valence-corrected chi connectivity index (χ0v) is 17.9. The SMILES string of the molecule is CCNC(=O)c1[nH]c(=O)c(N2CCN(C3CCN(CC)CC3)C(CC)C2)nc1N. The monoisotopic (exact) mass is 405 g/mol. The van der Waals surface area contributed by atoms with Crippen LogP contribution in [0.3, 0.4) is 0 Å². The van der Waals surface area contributed by atoms with Gasteiger partial charge in [0.25, 0.3) is 11.5 Å². The lowest BCUT2D eigenvalue weighted by molar-refractivity contribution is 0.0647. The molecule has 1 aromatic rings. The number of rotatable bonds is 6. The number of H-pyrrole nitrogens is 1. The van der Waals surface area contributed by atoms with Crippen LogP contribution in [0.5, 0.6) is 0 Å². The third kappa shape index (κ3) is 4.72. The highest BCUT2D eigenvalue weighted by Crippen LogP contribution is 2.24. The zero-order chi connectivity index (χ0) is 21.0. The zero-order valence-electron chi connectivity index (χ0n) is 17.9. The number of hydrogen-bond acceptors (Lipinski definition) is 7. The first-order chi connectivity index (χ1) is 14.0. The van der Waals surface area contributed by atoms with Crippen molar-refractivity contribution in [2.75, 3.05) is 56.4 Å². The van der Waals surface area contributed by atoms with E-state index in [0.717, 1.165) is 45.7 Å². The molecule has 0 spiro atoms. The number of carbonyl (C=O) groups is 1. The molecule has 3 heterocycles. The quantitative estimate of drug-likeness (QED) is 0.631. The molecule has 3 rings (SSSR count). The first kappa shape index (κ1) is 21.6. The second-order valence-electron chi connectivity index (χ2n) is 7.92. The van der Waals surface area contributed by atoms with E-state index in [0.29, 0.717) is 24.4 Å². The highest BCUT2D eigenvalue weighted by Gasteiger charge is 2.34. The lowest BCUT2D eigenvalue weighted by atomic mass is 9.98. The summed E-state index contributed by atoms with van der Waals surface area (Å²) < 4.78 is 0. The molecular formula is C20H35N7O2. The van der Waals surface area contributed by atoms with Gasteiger partial charge in [-0.15, -0.1) is 0 Å². The summed E-state index contributed by atoms with van der Waals surface area (Å²) in [7, 11) is 0. The summed E-state index contributed by atoms with van der Waals surface area (Å²) in [5.74, 6) is -0.0294. The Hall–Kier alpha value is -2.13. The summed E-state index contributed by atoms with van der Waals surface area (Å²) in [6.45, 7) is 12.5. The van der Waals surface area contributed by atoms with E-state index in [1.165, 1.54) is 12.8 Å². The summed E-state index contributed by atoms with van der Waals surface area (Å²) in [6, 6.07) is 0.994. The molecule has 9 heteroatoms. The van der Waals surface area contributed by atoms with Gasteiger partial charge in [0.1, 0.15) is 5.69 Å². The number of nitrogens with two attached hydrogens (primary N) is 1. The van der Waals surface area contributed by atoms with Crippen LogP contribution in [-0.2, 0) is 0 Å². The maximum Gasteiger partial charge on any atom is 0.291 e. The predicted molar refractivity (Wildman–Crippen MR) is 115 cm³/mol. The van der Waals surface area contributed by atoms with Gasteiger partial charge in [0.15, 0.2) is 11.6 Å². The van der Waals surface area contributed by atoms with Gasteiger partial charge in [-0.2, -0.15) is 0 Å². The average Bonchev–Trinajstić information content (AvgIpc) is 2.74. The fraction of sp³-hybridized carbons (Fsp3) is 0.750. The lowest BCUT2D eigenvalue weighted by Crippen LogP contribution is -2.59. The van der Waals surface area contributed by atoms with Crippen molar-refractivity contribution in [2.24, 2.45) is 0 Å². The topological polar surface area (TPSA) is 111 Å². The molecule has 4 N–H and O–H groups in total. The summed E-state index contributed by atoms with van der Waals surface area (Å²) >= 11 is 0. The van der Waals surface area contributed by atoms with E-state index in [-0.39, 0.29) is 17.1 Å². The molecule has 1 aromatic heterocycles. The average molecular weight is 406 g/mol. The molecule has 2 fully saturated rings. The molecule has 2 aliphatic rings. The Morgan fingerprint density at radius 2 is 1.93 bits per heavy atom. The third-order valence-corrected chi connectivity index (χ3v) is 6.26. The van der Waals surface area contributed by atoms with Gasteiger partial charge in [0.2, 0.25) is 0 Å². The lowest BCUT2D eigenvalue weighted by Gasteiger charge is -2.47. The standard InChI is InChI=1S/C20H35N7O2/c1-4-14-13-26(11-12-27(14)15-7-9-25(6-3)10-8-15)18-20(29)23-16(17(21)24-18)19(28)22-5-2/h14-15H,4-13H2,1-3H3,(H2,21,24)(H,22,28)(H,23,29). The highest BCUT2D eigenvalue weighted by atomic mass is 16.2. The largest absolute Gasteiger partial charge is 0.382 e. The molecule has 162 valence electrons. The van der Waals surface area contributed by atoms with Crippen LogP contribution >= 0.6 is 0 Å². The minimum Gasteiger partial charge on any atom is -0.382 e. The van der Waals surface area contributed by atoms with E-state index in [1.807, 2.05) is 11.8 Å². The summed E-state index contributed by atoms with van der Waals surface area (Å²) in [4.78, 5) is 38.8. The molecule has 0 aliphatic carbocycles. The smallest absolute Gasteiger partial charge is 0.291 e. The number of piperidine rings is 1. The van der Waals surface area contributed by atoms with Crippen LogP contribution in [-0.4, -0.2) is 83.6 Å². The molecule has 2 aliphatic heterocycles. The first-order valence-electron chi connectivity index (χ1n) is 10.9. The third-order valence-electron chi connectivity index (χ3n) is 6.26. The molecule has 0 bridgehead atoms. The van der Waals surface area contributed by atoms with Gasteiger partial charge in [0, 0.05) is 38.3 Å². The van der Waals surface area contributed by atoms with E-state index >= 15 is 0 Å². The van der Waals surface area contributed by atoms with Crippen LogP contribution in [0.4, 0.5) is 11.6 Å². The number of aromatic amines is 1. The maximum atomic E-state index is 12.6. The molecule has 29 heavy (non-hydrogen) atoms. The van der Waals surface area contributed by atoms with Crippen molar-refractivity contribution in [3.05, 3.63) is 16.0 Å². The molecule has 2 saturated heterocycles. The number of aromatic nitrogens is 2. The molecular weight excluding hydrogens is 370 g/mol. The van der Waals surface area contributed by atoms with Crippen LogP contribution in [0, 0.1) is 0 Å². The first-order valence-corrected chi connectivity index (χ1v) is 10.9. The number of nitrogens with one attached hydrogen (secondary N) is 2. The Bertz CT molecular complexity index is 758. The van der Waals surface area contributed by atoms with Crippen molar-refractivity contribution in [1.29, 1.82) is 0 Å². The fourth-order valence-corrected chi connectivity index (χ4v) is 4.56. The fourth-order valence-electron chi connectivity index (χ4n) is 4.56. The van der Waals surface area contributed by atoms with Gasteiger partial charge in [-0.05, 0) is 45.8 Å². The number of nitrogens with zero attached hydrogens (tertiary/aromatic N) is 4. The van der Waals surface area contributed by atoms with Crippen LogP contribution in [0.25, 0.3) is 0 Å². The van der Waals surface area contributed by atoms with E-state index in [9.17, 15) is 9.59 Å². The van der Waals surface area contributed by atoms with Gasteiger partial charge >= 0.3 is 0 Å². The van der Waals surface area contributed by atoms with Gasteiger partial charge in [-0.1, -0.05) is 13.8 Å². The number of amides is 1. The predicted octanol–water partition coefficient (Wildman–Crippen LogP) is 0.487. The summed E-state index contributed by atoms with van der Waals surface area (Å²) in [6.07, 6.45) is 3.43. The molecule has 0 radical (unpaired) electrons. The molecule has 1 amide bonds. The van der Waals surface area contributed by atoms with E-state index in [2.05, 4.69) is 38.9 Å². The van der Waals surface area contributed by atoms with Crippen molar-refractivity contribution < 1.29 is 4.79 Å². The molecule has 1 unspecified atom stereocenters. The molecule has 0 saturated carbocycles. The van der Waals surface area contributed by atoms with Gasteiger partial charge in [0.05, 0.1) is 0 Å². The number of nitrogen functional groups attached to an aromatic ring is 1. The maximum absolute atomic E-state index is 12.6. The number of hydrogen-bond donors (Lipinski definition) is 3. The van der Waals surface area contributed by atoms with E-state index < -0.39 is 5.91 Å². The molecule has 9 nitrogen and oxygen atoms in total. The highest BCUT2D eigenvalue weighted by molar-refractivity contribution is 5.96. The van der Waals surface area contributed by atoms with Crippen molar-refractivity contribution in [3.8, 4) is 0 Å². The Morgan fingerprint density at radius 1 is 1.21 bits per heavy atom. The van der Waals surface area contributed by atoms with Crippen LogP contribution in [0.2, 0.25) is 0 Å². The number of anilines is 2. The molecule has 0 aromatic carbocycles. The Balaban J connectivity index is 1.72. The van der Waals surface area contributed by atoms with E-state index in [4.69, 9.17) is 5.73 Å². The second-order valence-corrected chi connectivity index (χ2v) is 7.92. The Labute approximate surface area is 172 Å². The van der Waals surface area contributed by atoms with Crippen LogP contribution in [0.15, 0.2) is 4.79 Å². The summed E-state index contributed by atoms with van der Waals surface area (Å²) in [5.41, 5.74) is 5.66. The van der Waals surface area contributed by atoms with E-state index in [1.54, 1.807) is 0 Å². The Morgan fingerprint density at radius 3 is 2.55 bits per heavy atom.